The van der Waals surface area contributed by atoms with Gasteiger partial charge in [-0.3, -0.25) is 14.1 Å². The predicted molar refractivity (Wildman–Crippen MR) is 150 cm³/mol. The van der Waals surface area contributed by atoms with Crippen LogP contribution in [0, 0.1) is 6.92 Å². The molecular weight excluding hydrogens is 504 g/mol. The van der Waals surface area contributed by atoms with Crippen LogP contribution in [-0.4, -0.2) is 58.4 Å². The van der Waals surface area contributed by atoms with Crippen molar-refractivity contribution >= 4 is 44.0 Å². The van der Waals surface area contributed by atoms with Crippen LogP contribution in [0.4, 0.5) is 0 Å². The van der Waals surface area contributed by atoms with E-state index in [1.54, 1.807) is 30.6 Å². The number of imidazole rings is 1. The molecule has 0 aliphatic carbocycles. The third-order valence-corrected chi connectivity index (χ3v) is 8.35. The summed E-state index contributed by atoms with van der Waals surface area (Å²) in [6.07, 6.45) is 0. The van der Waals surface area contributed by atoms with Gasteiger partial charge in [-0.15, -0.1) is 0 Å². The molecule has 0 radical (unpaired) electrons. The molecule has 0 saturated carbocycles. The molecule has 3 heterocycles. The molecule has 1 aliphatic rings. The first-order chi connectivity index (χ1) is 18.0. The molecule has 188 valence electrons. The number of aryl methyl sites for hydroxylation is 1. The van der Waals surface area contributed by atoms with Gasteiger partial charge in [0.1, 0.15) is 5.75 Å². The molecule has 1 saturated heterocycles. The van der Waals surface area contributed by atoms with Gasteiger partial charge in [0.2, 0.25) is 0 Å². The number of halogens is 1. The van der Waals surface area contributed by atoms with E-state index in [2.05, 4.69) is 52.6 Å². The Kier molecular flexibility index (Phi) is 6.36. The average Bonchev–Trinajstić information content (AvgIpc) is 3.45. The summed E-state index contributed by atoms with van der Waals surface area (Å²) in [6.45, 7) is 5.73. The van der Waals surface area contributed by atoms with Crippen molar-refractivity contribution in [3.63, 3.8) is 0 Å². The maximum Gasteiger partial charge on any atom is 0.255 e. The summed E-state index contributed by atoms with van der Waals surface area (Å²) in [5.74, 6) is 0.840. The predicted octanol–water partition coefficient (Wildman–Crippen LogP) is 6.14. The van der Waals surface area contributed by atoms with Crippen LogP contribution in [0.2, 0.25) is 5.02 Å². The number of carbonyl (C=O) groups excluding carboxylic acids is 1. The largest absolute Gasteiger partial charge is 0.497 e. The number of rotatable bonds is 5. The number of hydrogen-bond acceptors (Lipinski definition) is 5. The number of fused-ring (bicyclic) bond motifs is 3. The fourth-order valence-corrected chi connectivity index (χ4v) is 6.24. The average molecular weight is 531 g/mol. The number of thiazole rings is 1. The fourth-order valence-electron chi connectivity index (χ4n) is 4.95. The minimum atomic E-state index is -0.00452. The first kappa shape index (κ1) is 24.0. The van der Waals surface area contributed by atoms with Crippen molar-refractivity contribution in [1.82, 2.24) is 19.2 Å². The Bertz CT molecular complexity index is 1600. The molecule has 1 amide bonds. The summed E-state index contributed by atoms with van der Waals surface area (Å²) in [4.78, 5) is 23.4. The van der Waals surface area contributed by atoms with E-state index < -0.39 is 0 Å². The van der Waals surface area contributed by atoms with Crippen molar-refractivity contribution in [2.45, 2.75) is 13.5 Å². The summed E-state index contributed by atoms with van der Waals surface area (Å²) in [5.41, 5.74) is 6.22. The summed E-state index contributed by atoms with van der Waals surface area (Å²) in [6, 6.07) is 22.0. The number of ether oxygens (including phenoxy) is 1. The van der Waals surface area contributed by atoms with E-state index in [0.717, 1.165) is 51.8 Å². The van der Waals surface area contributed by atoms with Gasteiger partial charge in [-0.1, -0.05) is 64.9 Å². The lowest BCUT2D eigenvalue weighted by Crippen LogP contribution is -2.48. The number of benzene rings is 3. The van der Waals surface area contributed by atoms with Gasteiger partial charge in [-0.2, -0.15) is 0 Å². The molecule has 0 spiro atoms. The molecular formula is C29H27ClN4O2S. The molecule has 2 aromatic heterocycles. The van der Waals surface area contributed by atoms with Gasteiger partial charge in [0.05, 0.1) is 39.3 Å². The zero-order valence-electron chi connectivity index (χ0n) is 20.8. The lowest BCUT2D eigenvalue weighted by molar-refractivity contribution is 0.0627. The molecule has 3 aromatic carbocycles. The Labute approximate surface area is 224 Å². The maximum atomic E-state index is 13.0. The minimum Gasteiger partial charge on any atom is -0.497 e. The summed E-state index contributed by atoms with van der Waals surface area (Å²) >= 11 is 7.96. The van der Waals surface area contributed by atoms with E-state index in [4.69, 9.17) is 21.3 Å². The van der Waals surface area contributed by atoms with Crippen molar-refractivity contribution in [1.29, 1.82) is 0 Å². The normalized spacial score (nSPS) is 14.5. The first-order valence-corrected chi connectivity index (χ1v) is 13.5. The zero-order chi connectivity index (χ0) is 25.5. The van der Waals surface area contributed by atoms with Gasteiger partial charge < -0.3 is 9.64 Å². The van der Waals surface area contributed by atoms with Gasteiger partial charge >= 0.3 is 0 Å². The Morgan fingerprint density at radius 1 is 1.03 bits per heavy atom. The second-order valence-corrected chi connectivity index (χ2v) is 10.8. The topological polar surface area (TPSA) is 50.1 Å². The minimum absolute atomic E-state index is 0.00452. The van der Waals surface area contributed by atoms with E-state index >= 15 is 0 Å². The number of amides is 1. The summed E-state index contributed by atoms with van der Waals surface area (Å²) in [5, 5.41) is 0.500. The van der Waals surface area contributed by atoms with Crippen LogP contribution in [0.25, 0.3) is 26.4 Å². The quantitative estimate of drug-likeness (QED) is 0.274. The molecule has 0 atom stereocenters. The zero-order valence-corrected chi connectivity index (χ0v) is 22.4. The number of nitrogens with zero attached hydrogens (tertiary/aromatic N) is 4. The van der Waals surface area contributed by atoms with Gasteiger partial charge in [-0.05, 0) is 37.3 Å². The highest BCUT2D eigenvalue weighted by atomic mass is 35.5. The van der Waals surface area contributed by atoms with Crippen molar-refractivity contribution in [2.75, 3.05) is 33.3 Å². The molecule has 0 N–H and O–H groups in total. The molecule has 6 rings (SSSR count). The van der Waals surface area contributed by atoms with Crippen LogP contribution in [0.15, 0.2) is 66.7 Å². The number of carbonyl (C=O) groups is 1. The van der Waals surface area contributed by atoms with Gasteiger partial charge in [-0.25, -0.2) is 4.98 Å². The van der Waals surface area contributed by atoms with Gasteiger partial charge in [0, 0.05) is 38.3 Å². The third kappa shape index (κ3) is 4.48. The Morgan fingerprint density at radius 2 is 1.78 bits per heavy atom. The highest BCUT2D eigenvalue weighted by Crippen LogP contribution is 2.35. The molecule has 0 bridgehead atoms. The van der Waals surface area contributed by atoms with Crippen LogP contribution >= 0.6 is 22.9 Å². The lowest BCUT2D eigenvalue weighted by Gasteiger charge is -2.35. The standard InChI is InChI=1S/C29H27ClN4O2S/c1-19-7-9-20(10-8-19)27-25(34-24-12-11-21(36-2)17-26(24)37-29(34)31-27)18-32-13-15-33(16-14-32)28(35)22-5-3-4-6-23(22)30/h3-12,17H,13-16,18H2,1-2H3. The van der Waals surface area contributed by atoms with E-state index in [1.807, 2.05) is 23.1 Å². The van der Waals surface area contributed by atoms with E-state index in [-0.39, 0.29) is 5.91 Å². The second-order valence-electron chi connectivity index (χ2n) is 9.38. The van der Waals surface area contributed by atoms with Gasteiger partial charge in [0.15, 0.2) is 4.96 Å². The van der Waals surface area contributed by atoms with Crippen molar-refractivity contribution in [2.24, 2.45) is 0 Å². The highest BCUT2D eigenvalue weighted by Gasteiger charge is 2.26. The summed E-state index contributed by atoms with van der Waals surface area (Å²) < 4.78 is 8.88. The first-order valence-electron chi connectivity index (χ1n) is 12.3. The van der Waals surface area contributed by atoms with Crippen molar-refractivity contribution in [3.8, 4) is 17.0 Å². The van der Waals surface area contributed by atoms with Crippen LogP contribution in [0.3, 0.4) is 0 Å². The lowest BCUT2D eigenvalue weighted by atomic mass is 10.1. The summed E-state index contributed by atoms with van der Waals surface area (Å²) in [7, 11) is 1.69. The van der Waals surface area contributed by atoms with Crippen LogP contribution in [-0.2, 0) is 6.54 Å². The number of piperazine rings is 1. The fraction of sp³-hybridized carbons (Fsp3) is 0.241. The third-order valence-electron chi connectivity index (χ3n) is 7.01. The molecule has 1 aliphatic heterocycles. The molecule has 0 unspecified atom stereocenters. The molecule has 37 heavy (non-hydrogen) atoms. The molecule has 8 heteroatoms. The maximum absolute atomic E-state index is 13.0. The number of aromatic nitrogens is 2. The van der Waals surface area contributed by atoms with Crippen LogP contribution in [0.1, 0.15) is 21.6 Å². The van der Waals surface area contributed by atoms with E-state index in [0.29, 0.717) is 23.7 Å². The second kappa shape index (κ2) is 9.82. The Hall–Kier alpha value is -3.39. The number of methoxy groups -OCH3 is 1. The molecule has 1 fully saturated rings. The van der Waals surface area contributed by atoms with Crippen LogP contribution in [0.5, 0.6) is 5.75 Å². The monoisotopic (exact) mass is 530 g/mol. The SMILES string of the molecule is COc1ccc2c(c1)sc1nc(-c3ccc(C)cc3)c(CN3CCN(C(=O)c4ccccc4Cl)CC3)n12. The molecule has 5 aromatic rings. The smallest absolute Gasteiger partial charge is 0.255 e. The van der Waals surface area contributed by atoms with E-state index in [1.165, 1.54) is 11.3 Å². The van der Waals surface area contributed by atoms with Crippen molar-refractivity contribution < 1.29 is 9.53 Å². The van der Waals surface area contributed by atoms with Crippen molar-refractivity contribution in [3.05, 3.63) is 88.6 Å². The highest BCUT2D eigenvalue weighted by molar-refractivity contribution is 7.23. The Morgan fingerprint density at radius 3 is 2.51 bits per heavy atom. The molecule has 6 nitrogen and oxygen atoms in total. The van der Waals surface area contributed by atoms with Crippen LogP contribution < -0.4 is 4.74 Å². The number of hydrogen-bond donors (Lipinski definition) is 0. The van der Waals surface area contributed by atoms with E-state index in [9.17, 15) is 4.79 Å². The Balaban J connectivity index is 1.31. The van der Waals surface area contributed by atoms with Gasteiger partial charge in [0.25, 0.3) is 5.91 Å².